The fourth-order valence-electron chi connectivity index (χ4n) is 0.139. The Bertz CT molecular complexity index is 165. The Morgan fingerprint density at radius 2 is 1.00 bits per heavy atom. The van der Waals surface area contributed by atoms with Crippen molar-refractivity contribution in [2.75, 3.05) is 0 Å². The average molecular weight is 305 g/mol. The van der Waals surface area contributed by atoms with Crippen molar-refractivity contribution in [3.05, 3.63) is 0 Å². The average Bonchev–Trinajstić information content (AvgIpc) is 1.14. The molecule has 13 heteroatoms. The van der Waals surface area contributed by atoms with E-state index in [0.717, 1.165) is 0 Å². The molecule has 0 atom stereocenters. The third kappa shape index (κ3) is 31.4. The summed E-state index contributed by atoms with van der Waals surface area (Å²) >= 11 is 0. The second kappa shape index (κ2) is 11.0. The maximum absolute atomic E-state index is 9.63. The zero-order valence-electron chi connectivity index (χ0n) is 4.64. The summed E-state index contributed by atoms with van der Waals surface area (Å²) in [6.45, 7) is 0. The molecule has 0 bridgehead atoms. The van der Waals surface area contributed by atoms with E-state index in [1.807, 2.05) is 0 Å². The number of hydrogen-bond donors (Lipinski definition) is 4. The summed E-state index contributed by atoms with van der Waals surface area (Å²) in [4.78, 5) is 31.0. The van der Waals surface area contributed by atoms with Crippen molar-refractivity contribution in [1.82, 2.24) is 0 Å². The Hall–Kier alpha value is 2.49. The summed E-state index contributed by atoms with van der Waals surface area (Å²) in [5.74, 6) is 0. The first-order valence-electron chi connectivity index (χ1n) is 1.53. The van der Waals surface area contributed by atoms with E-state index in [1.54, 1.807) is 0 Å². The molecule has 1 radical (unpaired) electrons. The van der Waals surface area contributed by atoms with Crippen molar-refractivity contribution in [2.24, 2.45) is 0 Å². The second-order valence-corrected chi connectivity index (χ2v) is 3.68. The van der Waals surface area contributed by atoms with Gasteiger partial charge < -0.3 is 19.6 Å². The van der Waals surface area contributed by atoms with Gasteiger partial charge in [0.15, 0.2) is 0 Å². The molecule has 0 amide bonds. The molecule has 0 saturated heterocycles. The molecule has 0 unspecified atom stereocenters. The summed E-state index contributed by atoms with van der Waals surface area (Å²) in [6.07, 6.45) is 0. The van der Waals surface area contributed by atoms with Gasteiger partial charge in [-0.3, -0.25) is 0 Å². The molecule has 0 heterocycles. The molecule has 0 aliphatic carbocycles. The fraction of sp³-hybridized carbons (Fsp3) is 0. The predicted octanol–water partition coefficient (Wildman–Crippen LogP) is -2.11. The van der Waals surface area contributed by atoms with Crippen LogP contribution in [0.5, 0.6) is 0 Å². The topological polar surface area (TPSA) is 124 Å². The Kier molecular flexibility index (Phi) is 25.0. The Morgan fingerprint density at radius 3 is 1.00 bits per heavy atom. The third-order valence-electron chi connectivity index (χ3n) is 0.213. The molecular weight excluding hydrogens is 299 g/mol. The molecule has 0 aromatic heterocycles. The van der Waals surface area contributed by atoms with Crippen LogP contribution in [0.1, 0.15) is 0 Å². The molecule has 0 fully saturated rings. The van der Waals surface area contributed by atoms with Crippen molar-refractivity contribution in [3.63, 3.8) is 0 Å². The molecule has 13 heavy (non-hydrogen) atoms. The first kappa shape index (κ1) is 29.6. The van der Waals surface area contributed by atoms with Gasteiger partial charge in [0.2, 0.25) is 0 Å². The van der Waals surface area contributed by atoms with Crippen molar-refractivity contribution < 1.29 is 67.2 Å². The van der Waals surface area contributed by atoms with Gasteiger partial charge in [-0.1, -0.05) is 0 Å². The second-order valence-electron chi connectivity index (χ2n) is 1.06. The third-order valence-corrected chi connectivity index (χ3v) is 1.91. The predicted molar refractivity (Wildman–Crippen MR) is 39.5 cm³/mol. The van der Waals surface area contributed by atoms with Gasteiger partial charge >= 0.3 is 53.4 Å². The van der Waals surface area contributed by atoms with E-state index < -0.39 is 15.6 Å². The van der Waals surface area contributed by atoms with Crippen LogP contribution in [0.3, 0.4) is 0 Å². The normalized spacial score (nSPS) is 9.54. The van der Waals surface area contributed by atoms with Gasteiger partial charge in [-0.05, 0) is 0 Å². The van der Waals surface area contributed by atoms with Crippen LogP contribution in [0.15, 0.2) is 0 Å². The first-order chi connectivity index (χ1) is 3.71. The standard InChI is InChI=1S/Fe.2Li.Mn.H4O7P2.2H/c;;;;1-8(2,3)7-9(4,5)6;;/h;;;;(H2,1,2,3)(H2,4,5,6);;. The minimum Gasteiger partial charge on any atom is 0 e. The number of phosphoric acid groups is 2. The molecule has 0 aliphatic heterocycles. The monoisotopic (exact) mass is 305 g/mol. The van der Waals surface area contributed by atoms with Crippen molar-refractivity contribution in [3.8, 4) is 0 Å². The van der Waals surface area contributed by atoms with E-state index in [-0.39, 0.29) is 71.9 Å². The fourth-order valence-corrected chi connectivity index (χ4v) is 1.25. The molecule has 0 spiro atoms. The van der Waals surface area contributed by atoms with E-state index in [0.29, 0.717) is 0 Å². The van der Waals surface area contributed by atoms with Gasteiger partial charge in [0.05, 0.1) is 0 Å². The zero-order chi connectivity index (χ0) is 7.71. The molecule has 0 rings (SSSR count). The first-order valence-corrected chi connectivity index (χ1v) is 4.59. The van der Waals surface area contributed by atoms with Gasteiger partial charge in [0.25, 0.3) is 0 Å². The summed E-state index contributed by atoms with van der Waals surface area (Å²) in [6, 6.07) is 0. The van der Waals surface area contributed by atoms with Crippen LogP contribution in [-0.2, 0) is 47.6 Å². The van der Waals surface area contributed by atoms with Gasteiger partial charge in [-0.15, -0.1) is 0 Å². The molecule has 0 aromatic carbocycles. The zero-order valence-corrected chi connectivity index (χ0v) is 8.71. The summed E-state index contributed by atoms with van der Waals surface area (Å²) in [7, 11) is -10.1. The van der Waals surface area contributed by atoms with Gasteiger partial charge in [-0.2, -0.15) is 4.31 Å². The largest absolute Gasteiger partial charge is 0 e. The van der Waals surface area contributed by atoms with E-state index in [2.05, 4.69) is 4.31 Å². The molecule has 75 valence electrons. The SMILES string of the molecule is O=P(O)(O)OP(=O)(O)O.[Fe].[LiH].[LiH].[Mn]. The smallest absolute Gasteiger partial charge is 0 e. The van der Waals surface area contributed by atoms with Crippen LogP contribution in [0.25, 0.3) is 0 Å². The van der Waals surface area contributed by atoms with Crippen LogP contribution >= 0.6 is 15.6 Å². The van der Waals surface area contributed by atoms with Crippen LogP contribution < -0.4 is 0 Å². The van der Waals surface area contributed by atoms with E-state index in [1.165, 1.54) is 0 Å². The molecular formula is H6FeLi2MnO7P2. The molecule has 4 N–H and O–H groups in total. The van der Waals surface area contributed by atoms with Crippen molar-refractivity contribution >= 4 is 53.4 Å². The minimum atomic E-state index is -5.05. The molecule has 7 nitrogen and oxygen atoms in total. The summed E-state index contributed by atoms with van der Waals surface area (Å²) in [5, 5.41) is 0. The van der Waals surface area contributed by atoms with Crippen LogP contribution in [0.4, 0.5) is 0 Å². The quantitative estimate of drug-likeness (QED) is 0.340. The number of rotatable bonds is 2. The molecule has 0 aliphatic rings. The number of hydrogen-bond acceptors (Lipinski definition) is 3. The van der Waals surface area contributed by atoms with Gasteiger partial charge in [0.1, 0.15) is 0 Å². The van der Waals surface area contributed by atoms with Crippen LogP contribution in [0, 0.1) is 0 Å². The van der Waals surface area contributed by atoms with Gasteiger partial charge in [0, 0.05) is 34.1 Å². The Morgan fingerprint density at radius 1 is 0.846 bits per heavy atom. The summed E-state index contributed by atoms with van der Waals surface area (Å²) in [5.41, 5.74) is 0. The van der Waals surface area contributed by atoms with Crippen molar-refractivity contribution in [2.45, 2.75) is 0 Å². The summed E-state index contributed by atoms with van der Waals surface area (Å²) < 4.78 is 22.2. The van der Waals surface area contributed by atoms with Gasteiger partial charge in [-0.25, -0.2) is 9.13 Å². The molecule has 0 saturated carbocycles. The Balaban J connectivity index is -0.0000000533. The van der Waals surface area contributed by atoms with Crippen LogP contribution in [-0.4, -0.2) is 57.3 Å². The maximum atomic E-state index is 9.63. The molecule has 0 aromatic rings. The maximum Gasteiger partial charge on any atom is 0 e. The minimum absolute atomic E-state index is 0. The van der Waals surface area contributed by atoms with Crippen molar-refractivity contribution in [1.29, 1.82) is 0 Å². The Labute approximate surface area is 120 Å². The van der Waals surface area contributed by atoms with E-state index in [4.69, 9.17) is 19.6 Å². The van der Waals surface area contributed by atoms with E-state index in [9.17, 15) is 9.13 Å². The van der Waals surface area contributed by atoms with E-state index >= 15 is 0 Å². The van der Waals surface area contributed by atoms with Crippen LogP contribution in [0.2, 0.25) is 0 Å².